The third-order valence-electron chi connectivity index (χ3n) is 11.0. The van der Waals surface area contributed by atoms with Crippen molar-refractivity contribution in [2.45, 2.75) is 103 Å². The monoisotopic (exact) mass is 542 g/mol. The topological polar surface area (TPSA) is 7.76 Å². The molecule has 4 heterocycles. The van der Waals surface area contributed by atoms with Crippen molar-refractivity contribution < 1.29 is 9.13 Å². The normalized spacial score (nSPS) is 23.5. The fourth-order valence-electron chi connectivity index (χ4n) is 8.61. The predicted molar refractivity (Wildman–Crippen MR) is 168 cm³/mol. The van der Waals surface area contributed by atoms with Crippen LogP contribution in [0, 0.1) is 5.41 Å². The van der Waals surface area contributed by atoms with E-state index in [0.717, 1.165) is 12.8 Å². The predicted octanol–water partition coefficient (Wildman–Crippen LogP) is 8.89. The molecule has 0 amide bonds. The molecule has 0 N–H and O–H groups in total. The highest BCUT2D eigenvalue weighted by Crippen LogP contribution is 2.52. The summed E-state index contributed by atoms with van der Waals surface area (Å²) >= 11 is 0. The van der Waals surface area contributed by atoms with E-state index in [1.165, 1.54) is 89.7 Å². The summed E-state index contributed by atoms with van der Waals surface area (Å²) in [7, 11) is 0. The molecule has 0 saturated heterocycles. The van der Waals surface area contributed by atoms with Crippen molar-refractivity contribution in [3.8, 4) is 22.5 Å². The lowest BCUT2D eigenvalue weighted by Gasteiger charge is -2.39. The molecule has 1 fully saturated rings. The SMILES string of the molecule is CCCCc1ccc2c(c1)-c1cccc[n+]1C(C1c3ccccc3-c3cc(CC4(C)CCCC4)cc[n+]31)C2(C)CC. The number of fused-ring (bicyclic) bond motifs is 6. The van der Waals surface area contributed by atoms with E-state index < -0.39 is 0 Å². The number of aryl methyl sites for hydroxylation is 1. The summed E-state index contributed by atoms with van der Waals surface area (Å²) in [4.78, 5) is 0. The van der Waals surface area contributed by atoms with Crippen molar-refractivity contribution in [3.63, 3.8) is 0 Å². The first kappa shape index (κ1) is 26.6. The maximum atomic E-state index is 2.63. The molecule has 4 aromatic rings. The Hall–Kier alpha value is -3.26. The first-order chi connectivity index (χ1) is 20.0. The molecule has 7 rings (SSSR count). The van der Waals surface area contributed by atoms with Crippen LogP contribution < -0.4 is 9.13 Å². The Morgan fingerprint density at radius 2 is 1.56 bits per heavy atom. The third kappa shape index (κ3) is 4.28. The molecule has 3 aliphatic rings. The summed E-state index contributed by atoms with van der Waals surface area (Å²) in [5.74, 6) is 0. The third-order valence-corrected chi connectivity index (χ3v) is 11.0. The average molecular weight is 543 g/mol. The largest absolute Gasteiger partial charge is 0.246 e. The Morgan fingerprint density at radius 1 is 0.756 bits per heavy atom. The van der Waals surface area contributed by atoms with Gasteiger partial charge in [0.25, 0.3) is 0 Å². The minimum atomic E-state index is -0.0139. The summed E-state index contributed by atoms with van der Waals surface area (Å²) in [5.41, 5.74) is 12.0. The molecule has 2 aromatic heterocycles. The van der Waals surface area contributed by atoms with Gasteiger partial charge in [-0.1, -0.05) is 70.4 Å². The average Bonchev–Trinajstić information content (AvgIpc) is 3.57. The van der Waals surface area contributed by atoms with Crippen LogP contribution in [0.5, 0.6) is 0 Å². The molecular weight excluding hydrogens is 496 g/mol. The molecule has 1 aliphatic carbocycles. The number of aromatic nitrogens is 2. The van der Waals surface area contributed by atoms with Crippen LogP contribution in [-0.2, 0) is 18.3 Å². The summed E-state index contributed by atoms with van der Waals surface area (Å²) in [5, 5.41) is 0. The quantitative estimate of drug-likeness (QED) is 0.206. The second-order valence-corrected chi connectivity index (χ2v) is 13.7. The van der Waals surface area contributed by atoms with Crippen molar-refractivity contribution in [1.29, 1.82) is 0 Å². The fraction of sp³-hybridized carbons (Fsp3) is 0.436. The second-order valence-electron chi connectivity index (χ2n) is 13.7. The first-order valence-electron chi connectivity index (χ1n) is 16.2. The molecule has 0 spiro atoms. The Balaban J connectivity index is 1.39. The van der Waals surface area contributed by atoms with E-state index in [1.807, 2.05) is 0 Å². The lowest BCUT2D eigenvalue weighted by Crippen LogP contribution is -2.61. The minimum absolute atomic E-state index is 0.0139. The second kappa shape index (κ2) is 10.2. The van der Waals surface area contributed by atoms with Crippen LogP contribution >= 0.6 is 0 Å². The molecule has 0 radical (unpaired) electrons. The van der Waals surface area contributed by atoms with Gasteiger partial charge in [-0.3, -0.25) is 0 Å². The van der Waals surface area contributed by atoms with Gasteiger partial charge in [0.2, 0.25) is 23.5 Å². The summed E-state index contributed by atoms with van der Waals surface area (Å²) in [6.07, 6.45) is 16.2. The molecule has 41 heavy (non-hydrogen) atoms. The molecular formula is C39H46N2+2. The van der Waals surface area contributed by atoms with Crippen molar-refractivity contribution >= 4 is 0 Å². The van der Waals surface area contributed by atoms with E-state index in [2.05, 4.69) is 122 Å². The number of hydrogen-bond acceptors (Lipinski definition) is 0. The van der Waals surface area contributed by atoms with Crippen LogP contribution in [0.4, 0.5) is 0 Å². The van der Waals surface area contributed by atoms with Gasteiger partial charge < -0.3 is 0 Å². The fourth-order valence-corrected chi connectivity index (χ4v) is 8.61. The van der Waals surface area contributed by atoms with Crippen LogP contribution in [0.2, 0.25) is 0 Å². The molecule has 2 heteroatoms. The van der Waals surface area contributed by atoms with Crippen LogP contribution in [0.15, 0.2) is 85.2 Å². The van der Waals surface area contributed by atoms with E-state index in [0.29, 0.717) is 5.41 Å². The molecule has 2 nitrogen and oxygen atoms in total. The number of unbranched alkanes of at least 4 members (excludes halogenated alkanes) is 1. The van der Waals surface area contributed by atoms with Crippen LogP contribution in [-0.4, -0.2) is 0 Å². The molecule has 0 bridgehead atoms. The van der Waals surface area contributed by atoms with E-state index in [1.54, 1.807) is 0 Å². The zero-order chi connectivity index (χ0) is 28.2. The molecule has 210 valence electrons. The van der Waals surface area contributed by atoms with Gasteiger partial charge in [-0.05, 0) is 85.8 Å². The molecule has 1 saturated carbocycles. The highest BCUT2D eigenvalue weighted by atomic mass is 15.1. The standard InChI is InChI=1S/C39H46N2/c1-5-7-14-28-18-19-33-32(25-28)34-17-10-13-23-41(34)37(39(33,4)6-2)36-31-16-9-8-15-30(31)35-26-29(20-24-40(35)36)27-38(3)21-11-12-22-38/h8-10,13,15-20,23-26,36-37H,5-7,11-12,14,21-22,27H2,1-4H3/q+2. The summed E-state index contributed by atoms with van der Waals surface area (Å²) < 4.78 is 5.25. The van der Waals surface area contributed by atoms with E-state index >= 15 is 0 Å². The van der Waals surface area contributed by atoms with Gasteiger partial charge in [0.05, 0.1) is 16.5 Å². The van der Waals surface area contributed by atoms with Crippen molar-refractivity contribution in [2.24, 2.45) is 5.41 Å². The lowest BCUT2D eigenvalue weighted by atomic mass is 9.66. The number of benzene rings is 2. The van der Waals surface area contributed by atoms with Gasteiger partial charge in [0.1, 0.15) is 0 Å². The molecule has 3 atom stereocenters. The molecule has 3 unspecified atom stereocenters. The van der Waals surface area contributed by atoms with Crippen molar-refractivity contribution in [1.82, 2.24) is 0 Å². The number of pyridine rings is 2. The van der Waals surface area contributed by atoms with Gasteiger partial charge in [-0.2, -0.15) is 9.13 Å². The zero-order valence-corrected chi connectivity index (χ0v) is 25.5. The molecule has 2 aromatic carbocycles. The first-order valence-corrected chi connectivity index (χ1v) is 16.2. The van der Waals surface area contributed by atoms with Crippen LogP contribution in [0.3, 0.4) is 0 Å². The number of nitrogens with zero attached hydrogens (tertiary/aromatic N) is 2. The van der Waals surface area contributed by atoms with Crippen molar-refractivity contribution in [3.05, 3.63) is 107 Å². The van der Waals surface area contributed by atoms with Gasteiger partial charge in [0.15, 0.2) is 12.4 Å². The lowest BCUT2D eigenvalue weighted by molar-refractivity contribution is -0.805. The number of rotatable bonds is 7. The summed E-state index contributed by atoms with van der Waals surface area (Å²) in [6.45, 7) is 9.72. The van der Waals surface area contributed by atoms with Crippen LogP contribution in [0.1, 0.15) is 107 Å². The highest BCUT2D eigenvalue weighted by molar-refractivity contribution is 5.68. The molecule has 2 aliphatic heterocycles. The Bertz CT molecular complexity index is 1590. The van der Waals surface area contributed by atoms with Crippen molar-refractivity contribution in [2.75, 3.05) is 0 Å². The Morgan fingerprint density at radius 3 is 2.37 bits per heavy atom. The van der Waals surface area contributed by atoms with Gasteiger partial charge in [0, 0.05) is 29.8 Å². The van der Waals surface area contributed by atoms with E-state index in [4.69, 9.17) is 0 Å². The Kier molecular flexibility index (Phi) is 6.64. The van der Waals surface area contributed by atoms with Gasteiger partial charge >= 0.3 is 0 Å². The maximum absolute atomic E-state index is 2.63. The number of hydrogen-bond donors (Lipinski definition) is 0. The van der Waals surface area contributed by atoms with E-state index in [9.17, 15) is 0 Å². The maximum Gasteiger partial charge on any atom is 0.246 e. The zero-order valence-electron chi connectivity index (χ0n) is 25.5. The van der Waals surface area contributed by atoms with Crippen LogP contribution in [0.25, 0.3) is 22.5 Å². The van der Waals surface area contributed by atoms with Gasteiger partial charge in [-0.25, -0.2) is 0 Å². The highest BCUT2D eigenvalue weighted by Gasteiger charge is 2.58. The summed E-state index contributed by atoms with van der Waals surface area (Å²) in [6, 6.07) is 28.9. The smallest absolute Gasteiger partial charge is 0.187 e. The van der Waals surface area contributed by atoms with E-state index in [-0.39, 0.29) is 17.5 Å². The minimum Gasteiger partial charge on any atom is -0.187 e. The van der Waals surface area contributed by atoms with Gasteiger partial charge in [-0.15, -0.1) is 0 Å². The Labute approximate surface area is 247 Å².